The van der Waals surface area contributed by atoms with E-state index in [1.807, 2.05) is 0 Å². The molecule has 6 nitrogen and oxygen atoms in total. The van der Waals surface area contributed by atoms with Crippen LogP contribution in [0.4, 0.5) is 0 Å². The zero-order valence-corrected chi connectivity index (χ0v) is 16.8. The van der Waals surface area contributed by atoms with Crippen LogP contribution in [0.15, 0.2) is 29.2 Å². The molecule has 0 aliphatic carbocycles. The first-order chi connectivity index (χ1) is 11.6. The first-order valence-electron chi connectivity index (χ1n) is 8.84. The fraction of sp³-hybridized carbons (Fsp3) is 0.611. The summed E-state index contributed by atoms with van der Waals surface area (Å²) in [5.41, 5.74) is 0.546. The van der Waals surface area contributed by atoms with Gasteiger partial charge in [-0.05, 0) is 39.0 Å². The van der Waals surface area contributed by atoms with Crippen LogP contribution in [-0.2, 0) is 10.0 Å². The lowest BCUT2D eigenvalue weighted by molar-refractivity contribution is -0.717. The van der Waals surface area contributed by atoms with Crippen LogP contribution in [-0.4, -0.2) is 50.3 Å². The van der Waals surface area contributed by atoms with Gasteiger partial charge in [0, 0.05) is 31.6 Å². The number of hydrogen-bond acceptors (Lipinski definition) is 3. The Labute approximate surface area is 152 Å². The lowest BCUT2D eigenvalue weighted by Crippen LogP contribution is -2.94. The molecule has 0 aliphatic rings. The Morgan fingerprint density at radius 3 is 2.40 bits per heavy atom. The molecule has 0 unspecified atom stereocenters. The highest BCUT2D eigenvalue weighted by atomic mass is 32.2. The van der Waals surface area contributed by atoms with Crippen LogP contribution in [0, 0.1) is 0 Å². The number of sulfonamides is 1. The third kappa shape index (κ3) is 6.76. The molecule has 0 saturated heterocycles. The summed E-state index contributed by atoms with van der Waals surface area (Å²) < 4.78 is 26.5. The zero-order valence-electron chi connectivity index (χ0n) is 16.0. The summed E-state index contributed by atoms with van der Waals surface area (Å²) in [6.07, 6.45) is 0.862. The van der Waals surface area contributed by atoms with Gasteiger partial charge in [0.1, 0.15) is 0 Å². The van der Waals surface area contributed by atoms with Crippen LogP contribution in [0.5, 0.6) is 0 Å². The van der Waals surface area contributed by atoms with Crippen molar-refractivity contribution in [1.29, 1.82) is 0 Å². The summed E-state index contributed by atoms with van der Waals surface area (Å²) in [5, 5.41) is 5.09. The lowest BCUT2D eigenvalue weighted by atomic mass is 10.1. The van der Waals surface area contributed by atoms with Gasteiger partial charge in [0.2, 0.25) is 10.0 Å². The van der Waals surface area contributed by atoms with Crippen molar-refractivity contribution in [1.82, 2.24) is 9.62 Å². The SMILES string of the molecule is CCN(CC)S(=O)(=O)c1cccc(C(=O)NCCC[NH2+]C(C)(C)C)c1. The molecule has 142 valence electrons. The van der Waals surface area contributed by atoms with Crippen molar-refractivity contribution < 1.29 is 18.5 Å². The molecule has 3 N–H and O–H groups in total. The summed E-state index contributed by atoms with van der Waals surface area (Å²) in [5.74, 6) is -0.243. The van der Waals surface area contributed by atoms with Crippen molar-refractivity contribution in [2.24, 2.45) is 0 Å². The van der Waals surface area contributed by atoms with E-state index in [-0.39, 0.29) is 16.3 Å². The monoisotopic (exact) mass is 370 g/mol. The van der Waals surface area contributed by atoms with Crippen molar-refractivity contribution in [3.8, 4) is 0 Å². The van der Waals surface area contributed by atoms with E-state index in [0.717, 1.165) is 13.0 Å². The molecule has 25 heavy (non-hydrogen) atoms. The molecule has 1 rings (SSSR count). The molecule has 0 spiro atoms. The van der Waals surface area contributed by atoms with Gasteiger partial charge in [-0.2, -0.15) is 4.31 Å². The maximum atomic E-state index is 12.6. The quantitative estimate of drug-likeness (QED) is 0.641. The number of nitrogens with two attached hydrogens (primary N) is 1. The Bertz CT molecular complexity index is 662. The molecule has 0 heterocycles. The predicted octanol–water partition coefficient (Wildman–Crippen LogP) is 1.20. The Morgan fingerprint density at radius 1 is 1.20 bits per heavy atom. The molecule has 0 saturated carbocycles. The third-order valence-corrected chi connectivity index (χ3v) is 5.91. The smallest absolute Gasteiger partial charge is 0.251 e. The van der Waals surface area contributed by atoms with Gasteiger partial charge in [-0.3, -0.25) is 4.79 Å². The second-order valence-corrected chi connectivity index (χ2v) is 9.02. The van der Waals surface area contributed by atoms with Crippen LogP contribution < -0.4 is 10.6 Å². The van der Waals surface area contributed by atoms with Gasteiger partial charge in [-0.15, -0.1) is 0 Å². The molecule has 1 aromatic carbocycles. The number of benzene rings is 1. The number of carbonyl (C=O) groups is 1. The van der Waals surface area contributed by atoms with E-state index < -0.39 is 10.0 Å². The molecule has 1 amide bonds. The number of hydrogen-bond donors (Lipinski definition) is 2. The Kier molecular flexibility index (Phi) is 8.05. The highest BCUT2D eigenvalue weighted by Crippen LogP contribution is 2.16. The minimum absolute atomic E-state index is 0.157. The molecular weight excluding hydrogens is 338 g/mol. The van der Waals surface area contributed by atoms with E-state index in [2.05, 4.69) is 31.4 Å². The first kappa shape index (κ1) is 21.6. The predicted molar refractivity (Wildman–Crippen MR) is 100 cm³/mol. The van der Waals surface area contributed by atoms with Crippen molar-refractivity contribution in [2.45, 2.75) is 51.5 Å². The number of quaternary nitrogens is 1. The fourth-order valence-corrected chi connectivity index (χ4v) is 3.96. The summed E-state index contributed by atoms with van der Waals surface area (Å²) in [6, 6.07) is 6.23. The number of nitrogens with one attached hydrogen (secondary N) is 1. The largest absolute Gasteiger partial charge is 0.352 e. The highest BCUT2D eigenvalue weighted by molar-refractivity contribution is 7.89. The summed E-state index contributed by atoms with van der Waals surface area (Å²) in [7, 11) is -3.55. The van der Waals surface area contributed by atoms with Crippen molar-refractivity contribution in [2.75, 3.05) is 26.2 Å². The van der Waals surface area contributed by atoms with E-state index >= 15 is 0 Å². The Morgan fingerprint density at radius 2 is 1.84 bits per heavy atom. The fourth-order valence-electron chi connectivity index (χ4n) is 2.45. The van der Waals surface area contributed by atoms with Crippen LogP contribution in [0.3, 0.4) is 0 Å². The second kappa shape index (κ2) is 9.31. The van der Waals surface area contributed by atoms with Gasteiger partial charge in [-0.1, -0.05) is 19.9 Å². The van der Waals surface area contributed by atoms with E-state index in [1.165, 1.54) is 16.4 Å². The van der Waals surface area contributed by atoms with Crippen molar-refractivity contribution in [3.63, 3.8) is 0 Å². The average molecular weight is 371 g/mol. The summed E-state index contributed by atoms with van der Waals surface area (Å²) >= 11 is 0. The minimum Gasteiger partial charge on any atom is -0.352 e. The first-order valence-corrected chi connectivity index (χ1v) is 10.3. The van der Waals surface area contributed by atoms with E-state index in [9.17, 15) is 13.2 Å². The van der Waals surface area contributed by atoms with E-state index in [1.54, 1.807) is 26.0 Å². The molecular formula is C18H32N3O3S+. The maximum Gasteiger partial charge on any atom is 0.251 e. The van der Waals surface area contributed by atoms with Gasteiger partial charge < -0.3 is 10.6 Å². The van der Waals surface area contributed by atoms with Crippen LogP contribution >= 0.6 is 0 Å². The van der Waals surface area contributed by atoms with Gasteiger partial charge in [0.25, 0.3) is 5.91 Å². The van der Waals surface area contributed by atoms with Gasteiger partial charge in [0.15, 0.2) is 0 Å². The Balaban J connectivity index is 2.70. The molecule has 0 aliphatic heterocycles. The average Bonchev–Trinajstić information content (AvgIpc) is 2.54. The minimum atomic E-state index is -3.55. The number of amides is 1. The summed E-state index contributed by atoms with van der Waals surface area (Å²) in [4.78, 5) is 12.4. The van der Waals surface area contributed by atoms with Gasteiger partial charge >= 0.3 is 0 Å². The van der Waals surface area contributed by atoms with Crippen LogP contribution in [0.2, 0.25) is 0 Å². The molecule has 0 fully saturated rings. The van der Waals surface area contributed by atoms with Crippen molar-refractivity contribution in [3.05, 3.63) is 29.8 Å². The van der Waals surface area contributed by atoms with Crippen LogP contribution in [0.25, 0.3) is 0 Å². The van der Waals surface area contributed by atoms with Crippen molar-refractivity contribution >= 4 is 15.9 Å². The van der Waals surface area contributed by atoms with Crippen LogP contribution in [0.1, 0.15) is 51.4 Å². The highest BCUT2D eigenvalue weighted by Gasteiger charge is 2.22. The number of carbonyl (C=O) groups excluding carboxylic acids is 1. The molecule has 7 heteroatoms. The van der Waals surface area contributed by atoms with E-state index in [4.69, 9.17) is 0 Å². The molecule has 0 bridgehead atoms. The zero-order chi connectivity index (χ0) is 19.1. The molecule has 0 radical (unpaired) electrons. The standard InChI is InChI=1S/C18H31N3O3S/c1-6-21(7-2)25(23,24)16-11-8-10-15(14-16)17(22)19-12-9-13-20-18(3,4)5/h8,10-11,14,20H,6-7,9,12-13H2,1-5H3,(H,19,22)/p+1. The van der Waals surface area contributed by atoms with E-state index in [0.29, 0.717) is 25.2 Å². The van der Waals surface area contributed by atoms with Gasteiger partial charge in [-0.25, -0.2) is 8.42 Å². The topological polar surface area (TPSA) is 83.1 Å². The Hall–Kier alpha value is -1.44. The summed E-state index contributed by atoms with van der Waals surface area (Å²) in [6.45, 7) is 12.3. The normalized spacial score (nSPS) is 12.4. The van der Waals surface area contributed by atoms with Gasteiger partial charge in [0.05, 0.1) is 17.0 Å². The maximum absolute atomic E-state index is 12.6. The number of rotatable bonds is 9. The molecule has 0 aromatic heterocycles. The molecule has 0 atom stereocenters. The lowest BCUT2D eigenvalue weighted by Gasteiger charge is -2.18. The number of nitrogens with zero attached hydrogens (tertiary/aromatic N) is 1. The third-order valence-electron chi connectivity index (χ3n) is 3.86. The second-order valence-electron chi connectivity index (χ2n) is 7.09. The molecule has 1 aromatic rings.